The molecular weight excluding hydrogens is 192 g/mol. The van der Waals surface area contributed by atoms with Gasteiger partial charge in [0, 0.05) is 24.4 Å². The minimum absolute atomic E-state index is 0.197. The van der Waals surface area contributed by atoms with Crippen LogP contribution in [0, 0.1) is 5.41 Å². The minimum Gasteiger partial charge on any atom is -0.329 e. The lowest BCUT2D eigenvalue weighted by atomic mass is 9.82. The molecule has 1 saturated carbocycles. The highest BCUT2D eigenvalue weighted by Gasteiger charge is 2.53. The van der Waals surface area contributed by atoms with E-state index in [0.29, 0.717) is 5.41 Å². The molecule has 0 spiro atoms. The lowest BCUT2D eigenvalue weighted by Gasteiger charge is -2.43. The number of hydrogen-bond donors (Lipinski definition) is 1. The summed E-state index contributed by atoms with van der Waals surface area (Å²) in [6.07, 6.45) is 4.83. The van der Waals surface area contributed by atoms with Crippen LogP contribution in [0.2, 0.25) is 0 Å². The SMILES string of the molecule is CSCCN(C)C(C)(CN)C1(C)CC1. The Morgan fingerprint density at radius 2 is 2.07 bits per heavy atom. The minimum atomic E-state index is 0.197. The highest BCUT2D eigenvalue weighted by Crippen LogP contribution is 2.55. The van der Waals surface area contributed by atoms with E-state index in [1.54, 1.807) is 0 Å². The largest absolute Gasteiger partial charge is 0.329 e. The van der Waals surface area contributed by atoms with Gasteiger partial charge in [0.25, 0.3) is 0 Å². The van der Waals surface area contributed by atoms with Crippen LogP contribution in [-0.4, -0.2) is 42.6 Å². The van der Waals surface area contributed by atoms with Crippen LogP contribution in [-0.2, 0) is 0 Å². The highest BCUT2D eigenvalue weighted by atomic mass is 32.2. The van der Waals surface area contributed by atoms with Crippen LogP contribution in [0.4, 0.5) is 0 Å². The highest BCUT2D eigenvalue weighted by molar-refractivity contribution is 7.98. The molecule has 1 fully saturated rings. The van der Waals surface area contributed by atoms with E-state index in [2.05, 4.69) is 32.1 Å². The van der Waals surface area contributed by atoms with Gasteiger partial charge in [-0.3, -0.25) is 4.90 Å². The van der Waals surface area contributed by atoms with Crippen molar-refractivity contribution in [2.24, 2.45) is 11.1 Å². The topological polar surface area (TPSA) is 29.3 Å². The van der Waals surface area contributed by atoms with E-state index >= 15 is 0 Å². The zero-order valence-corrected chi connectivity index (χ0v) is 10.8. The van der Waals surface area contributed by atoms with Crippen molar-refractivity contribution in [3.8, 4) is 0 Å². The Balaban J connectivity index is 2.59. The zero-order chi connectivity index (χ0) is 10.8. The summed E-state index contributed by atoms with van der Waals surface area (Å²) in [6.45, 7) is 6.61. The van der Waals surface area contributed by atoms with Crippen LogP contribution in [0.5, 0.6) is 0 Å². The normalized spacial score (nSPS) is 23.6. The van der Waals surface area contributed by atoms with Crippen LogP contribution in [0.25, 0.3) is 0 Å². The molecule has 3 heteroatoms. The monoisotopic (exact) mass is 216 g/mol. The summed E-state index contributed by atoms with van der Waals surface area (Å²) in [6, 6.07) is 0. The lowest BCUT2D eigenvalue weighted by Crippen LogP contribution is -2.56. The second kappa shape index (κ2) is 4.42. The first kappa shape index (κ1) is 12.3. The van der Waals surface area contributed by atoms with Crippen LogP contribution < -0.4 is 5.73 Å². The molecule has 0 heterocycles. The average Bonchev–Trinajstić information content (AvgIpc) is 2.92. The molecule has 0 bridgehead atoms. The van der Waals surface area contributed by atoms with Gasteiger partial charge in [0.15, 0.2) is 0 Å². The van der Waals surface area contributed by atoms with Crippen LogP contribution in [0.1, 0.15) is 26.7 Å². The molecule has 0 amide bonds. The second-order valence-electron chi connectivity index (χ2n) is 4.95. The first-order valence-corrected chi connectivity index (χ1v) is 6.80. The molecule has 1 rings (SSSR count). The third kappa shape index (κ3) is 2.10. The van der Waals surface area contributed by atoms with Crippen LogP contribution in [0.15, 0.2) is 0 Å². The predicted octanol–water partition coefficient (Wildman–Crippen LogP) is 1.80. The molecule has 1 aliphatic rings. The van der Waals surface area contributed by atoms with Gasteiger partial charge in [0.1, 0.15) is 0 Å². The Hall–Kier alpha value is 0.270. The fourth-order valence-electron chi connectivity index (χ4n) is 2.06. The molecule has 1 aliphatic carbocycles. The van der Waals surface area contributed by atoms with Gasteiger partial charge in [-0.15, -0.1) is 0 Å². The molecule has 0 radical (unpaired) electrons. The van der Waals surface area contributed by atoms with Gasteiger partial charge in [0.05, 0.1) is 0 Å². The van der Waals surface area contributed by atoms with Gasteiger partial charge < -0.3 is 5.73 Å². The Morgan fingerprint density at radius 3 is 2.43 bits per heavy atom. The molecule has 0 saturated heterocycles. The number of likely N-dealkylation sites (N-methyl/N-ethyl adjacent to an activating group) is 1. The Labute approximate surface area is 92.6 Å². The molecule has 0 aromatic carbocycles. The molecule has 1 atom stereocenters. The summed E-state index contributed by atoms with van der Waals surface area (Å²) in [5, 5.41) is 0. The van der Waals surface area contributed by atoms with Gasteiger partial charge in [-0.25, -0.2) is 0 Å². The summed E-state index contributed by atoms with van der Waals surface area (Å²) in [5.74, 6) is 1.20. The third-order valence-electron chi connectivity index (χ3n) is 4.17. The van der Waals surface area contributed by atoms with Crippen LogP contribution >= 0.6 is 11.8 Å². The van der Waals surface area contributed by atoms with E-state index in [0.717, 1.165) is 13.1 Å². The molecule has 14 heavy (non-hydrogen) atoms. The molecular formula is C11H24N2S. The summed E-state index contributed by atoms with van der Waals surface area (Å²) in [4.78, 5) is 2.45. The molecule has 0 aromatic heterocycles. The van der Waals surface area contributed by atoms with E-state index in [1.165, 1.54) is 18.6 Å². The maximum absolute atomic E-state index is 5.96. The lowest BCUT2D eigenvalue weighted by molar-refractivity contribution is 0.0792. The quantitative estimate of drug-likeness (QED) is 0.734. The molecule has 2 N–H and O–H groups in total. The van der Waals surface area contributed by atoms with Gasteiger partial charge in [-0.2, -0.15) is 11.8 Å². The molecule has 1 unspecified atom stereocenters. The Bertz CT molecular complexity index is 192. The number of hydrogen-bond acceptors (Lipinski definition) is 3. The standard InChI is InChI=1S/C11H24N2S/c1-10(5-6-10)11(2,9-12)13(3)7-8-14-4/h5-9,12H2,1-4H3. The van der Waals surface area contributed by atoms with Crippen molar-refractivity contribution in [1.82, 2.24) is 4.90 Å². The number of nitrogens with zero attached hydrogens (tertiary/aromatic N) is 1. The zero-order valence-electron chi connectivity index (χ0n) is 9.97. The Morgan fingerprint density at radius 1 is 1.50 bits per heavy atom. The maximum atomic E-state index is 5.96. The fraction of sp³-hybridized carbons (Fsp3) is 1.00. The maximum Gasteiger partial charge on any atom is 0.0354 e. The first-order chi connectivity index (χ1) is 6.50. The Kier molecular flexibility index (Phi) is 3.89. The van der Waals surface area contributed by atoms with Gasteiger partial charge in [-0.1, -0.05) is 6.92 Å². The van der Waals surface area contributed by atoms with Gasteiger partial charge in [-0.05, 0) is 38.5 Å². The average molecular weight is 216 g/mol. The number of rotatable bonds is 6. The van der Waals surface area contributed by atoms with Crippen molar-refractivity contribution in [3.63, 3.8) is 0 Å². The molecule has 0 aromatic rings. The summed E-state index contributed by atoms with van der Waals surface area (Å²) < 4.78 is 0. The van der Waals surface area contributed by atoms with Crippen molar-refractivity contribution in [3.05, 3.63) is 0 Å². The summed E-state index contributed by atoms with van der Waals surface area (Å²) in [7, 11) is 2.21. The smallest absolute Gasteiger partial charge is 0.0354 e. The van der Waals surface area contributed by atoms with Gasteiger partial charge >= 0.3 is 0 Å². The van der Waals surface area contributed by atoms with Crippen molar-refractivity contribution < 1.29 is 0 Å². The van der Waals surface area contributed by atoms with E-state index < -0.39 is 0 Å². The van der Waals surface area contributed by atoms with E-state index in [1.807, 2.05) is 11.8 Å². The number of thioether (sulfide) groups is 1. The second-order valence-corrected chi connectivity index (χ2v) is 5.94. The van der Waals surface area contributed by atoms with E-state index in [9.17, 15) is 0 Å². The third-order valence-corrected chi connectivity index (χ3v) is 4.76. The summed E-state index contributed by atoms with van der Waals surface area (Å²) in [5.41, 5.74) is 6.62. The number of nitrogens with two attached hydrogens (primary N) is 1. The van der Waals surface area contributed by atoms with Crippen molar-refractivity contribution in [2.45, 2.75) is 32.2 Å². The van der Waals surface area contributed by atoms with Crippen molar-refractivity contribution >= 4 is 11.8 Å². The predicted molar refractivity (Wildman–Crippen MR) is 65.8 cm³/mol. The molecule has 2 nitrogen and oxygen atoms in total. The fourth-order valence-corrected chi connectivity index (χ4v) is 2.52. The first-order valence-electron chi connectivity index (χ1n) is 5.40. The van der Waals surface area contributed by atoms with Crippen molar-refractivity contribution in [1.29, 1.82) is 0 Å². The van der Waals surface area contributed by atoms with Crippen LogP contribution in [0.3, 0.4) is 0 Å². The van der Waals surface area contributed by atoms with Crippen molar-refractivity contribution in [2.75, 3.05) is 32.1 Å². The summed E-state index contributed by atoms with van der Waals surface area (Å²) >= 11 is 1.91. The van der Waals surface area contributed by atoms with E-state index in [4.69, 9.17) is 5.73 Å². The molecule has 0 aliphatic heterocycles. The van der Waals surface area contributed by atoms with E-state index in [-0.39, 0.29) is 5.54 Å². The molecule has 84 valence electrons. The van der Waals surface area contributed by atoms with Gasteiger partial charge in [0.2, 0.25) is 0 Å².